The minimum atomic E-state index is -3.44. The number of rotatable bonds is 4. The first kappa shape index (κ1) is 17.8. The molecule has 3 rings (SSSR count). The molecule has 1 heterocycles. The molecule has 0 radical (unpaired) electrons. The Hall–Kier alpha value is -1.96. The van der Waals surface area contributed by atoms with Gasteiger partial charge in [-0.25, -0.2) is 13.4 Å². The summed E-state index contributed by atoms with van der Waals surface area (Å²) in [7, 11) is -3.44. The SMILES string of the molecule is CC(C)S(=O)(=O)c1cccc(C(=O)Nc2nc3c(Cl)cccc3s2)c1. The van der Waals surface area contributed by atoms with Gasteiger partial charge in [0.2, 0.25) is 0 Å². The number of carbonyl (C=O) groups excluding carboxylic acids is 1. The van der Waals surface area contributed by atoms with Crippen molar-refractivity contribution in [2.75, 3.05) is 5.32 Å². The monoisotopic (exact) mass is 394 g/mol. The van der Waals surface area contributed by atoms with Crippen LogP contribution < -0.4 is 5.32 Å². The zero-order valence-electron chi connectivity index (χ0n) is 13.5. The van der Waals surface area contributed by atoms with Crippen LogP contribution in [0, 0.1) is 0 Å². The number of aromatic nitrogens is 1. The van der Waals surface area contributed by atoms with Crippen LogP contribution in [0.4, 0.5) is 5.13 Å². The minimum absolute atomic E-state index is 0.127. The Labute approximate surface area is 154 Å². The molecule has 0 bridgehead atoms. The molecule has 0 aliphatic carbocycles. The van der Waals surface area contributed by atoms with Crippen molar-refractivity contribution in [2.24, 2.45) is 0 Å². The second kappa shape index (κ2) is 6.74. The number of hydrogen-bond acceptors (Lipinski definition) is 5. The third-order valence-corrected chi connectivity index (χ3v) is 7.03. The van der Waals surface area contributed by atoms with Crippen molar-refractivity contribution >= 4 is 54.0 Å². The van der Waals surface area contributed by atoms with Crippen LogP contribution in [0.15, 0.2) is 47.4 Å². The fraction of sp³-hybridized carbons (Fsp3) is 0.176. The van der Waals surface area contributed by atoms with Gasteiger partial charge in [0.05, 0.1) is 19.9 Å². The molecule has 0 unspecified atom stereocenters. The number of halogens is 1. The Balaban J connectivity index is 1.89. The Morgan fingerprint density at radius 1 is 1.20 bits per heavy atom. The van der Waals surface area contributed by atoms with Crippen LogP contribution in [0.5, 0.6) is 0 Å². The van der Waals surface area contributed by atoms with Gasteiger partial charge in [0.1, 0.15) is 5.52 Å². The van der Waals surface area contributed by atoms with E-state index in [0.717, 1.165) is 4.70 Å². The number of carbonyl (C=O) groups is 1. The van der Waals surface area contributed by atoms with Crippen molar-refractivity contribution in [3.8, 4) is 0 Å². The molecule has 0 saturated carbocycles. The van der Waals surface area contributed by atoms with Gasteiger partial charge in [0.15, 0.2) is 15.0 Å². The van der Waals surface area contributed by atoms with Crippen LogP contribution in [-0.2, 0) is 9.84 Å². The van der Waals surface area contributed by atoms with Gasteiger partial charge in [0, 0.05) is 5.56 Å². The van der Waals surface area contributed by atoms with Gasteiger partial charge in [-0.15, -0.1) is 0 Å². The van der Waals surface area contributed by atoms with Gasteiger partial charge in [0.25, 0.3) is 5.91 Å². The summed E-state index contributed by atoms with van der Waals surface area (Å²) in [6.07, 6.45) is 0. The first-order valence-corrected chi connectivity index (χ1v) is 10.2. The number of anilines is 1. The van der Waals surface area contributed by atoms with E-state index in [2.05, 4.69) is 10.3 Å². The Kier molecular flexibility index (Phi) is 4.81. The van der Waals surface area contributed by atoms with E-state index in [-0.39, 0.29) is 10.5 Å². The topological polar surface area (TPSA) is 76.1 Å². The molecule has 25 heavy (non-hydrogen) atoms. The van der Waals surface area contributed by atoms with Crippen LogP contribution >= 0.6 is 22.9 Å². The van der Waals surface area contributed by atoms with Crippen molar-refractivity contribution in [3.05, 3.63) is 53.1 Å². The molecule has 0 spiro atoms. The normalized spacial score (nSPS) is 11.8. The zero-order valence-corrected chi connectivity index (χ0v) is 15.9. The molecule has 0 saturated heterocycles. The highest BCUT2D eigenvalue weighted by molar-refractivity contribution is 7.92. The van der Waals surface area contributed by atoms with Crippen molar-refractivity contribution in [2.45, 2.75) is 24.0 Å². The molecule has 0 fully saturated rings. The molecular formula is C17H15ClN2O3S2. The summed E-state index contributed by atoms with van der Waals surface area (Å²) in [5.41, 5.74) is 0.882. The van der Waals surface area contributed by atoms with Crippen LogP contribution in [0.1, 0.15) is 24.2 Å². The van der Waals surface area contributed by atoms with Crippen LogP contribution in [0.25, 0.3) is 10.2 Å². The maximum absolute atomic E-state index is 12.5. The number of amides is 1. The van der Waals surface area contributed by atoms with Crippen LogP contribution in [0.3, 0.4) is 0 Å². The van der Waals surface area contributed by atoms with E-state index in [1.807, 2.05) is 12.1 Å². The van der Waals surface area contributed by atoms with E-state index in [4.69, 9.17) is 11.6 Å². The standard InChI is InChI=1S/C17H15ClN2O3S2/c1-10(2)25(22,23)12-6-3-5-11(9-12)16(21)20-17-19-15-13(18)7-4-8-14(15)24-17/h3-10H,1-2H3,(H,19,20,21). The average molecular weight is 395 g/mol. The molecule has 0 atom stereocenters. The lowest BCUT2D eigenvalue weighted by molar-refractivity contribution is 0.102. The van der Waals surface area contributed by atoms with Crippen molar-refractivity contribution in [1.82, 2.24) is 4.98 Å². The molecule has 1 amide bonds. The van der Waals surface area contributed by atoms with Crippen molar-refractivity contribution in [3.63, 3.8) is 0 Å². The predicted molar refractivity (Wildman–Crippen MR) is 101 cm³/mol. The average Bonchev–Trinajstić information content (AvgIpc) is 2.98. The number of benzene rings is 2. The molecule has 130 valence electrons. The summed E-state index contributed by atoms with van der Waals surface area (Å²) in [4.78, 5) is 16.9. The summed E-state index contributed by atoms with van der Waals surface area (Å²) < 4.78 is 25.4. The number of nitrogens with zero attached hydrogens (tertiary/aromatic N) is 1. The van der Waals surface area contributed by atoms with Crippen LogP contribution in [-0.4, -0.2) is 24.6 Å². The van der Waals surface area contributed by atoms with Gasteiger partial charge >= 0.3 is 0 Å². The zero-order chi connectivity index (χ0) is 18.2. The molecule has 1 aromatic heterocycles. The first-order chi connectivity index (χ1) is 11.8. The minimum Gasteiger partial charge on any atom is -0.298 e. The highest BCUT2D eigenvalue weighted by atomic mass is 35.5. The van der Waals surface area contributed by atoms with Gasteiger partial charge in [-0.2, -0.15) is 0 Å². The highest BCUT2D eigenvalue weighted by Crippen LogP contribution is 2.31. The number of fused-ring (bicyclic) bond motifs is 1. The summed E-state index contributed by atoms with van der Waals surface area (Å²) in [5, 5.41) is 3.06. The van der Waals surface area contributed by atoms with E-state index in [9.17, 15) is 13.2 Å². The summed E-state index contributed by atoms with van der Waals surface area (Å²) in [6.45, 7) is 3.21. The largest absolute Gasteiger partial charge is 0.298 e. The molecule has 0 aliphatic heterocycles. The van der Waals surface area contributed by atoms with Gasteiger partial charge in [-0.3, -0.25) is 10.1 Å². The van der Waals surface area contributed by atoms with E-state index in [1.165, 1.54) is 23.5 Å². The first-order valence-electron chi connectivity index (χ1n) is 7.49. The molecule has 8 heteroatoms. The third-order valence-electron chi connectivity index (χ3n) is 3.64. The molecule has 0 aliphatic rings. The smallest absolute Gasteiger partial charge is 0.257 e. The predicted octanol–water partition coefficient (Wildman–Crippen LogP) is 4.38. The maximum atomic E-state index is 12.5. The second-order valence-corrected chi connectivity index (χ2v) is 9.62. The van der Waals surface area contributed by atoms with Crippen molar-refractivity contribution < 1.29 is 13.2 Å². The number of hydrogen-bond donors (Lipinski definition) is 1. The van der Waals surface area contributed by atoms with Crippen LogP contribution in [0.2, 0.25) is 5.02 Å². The third kappa shape index (κ3) is 3.53. The highest BCUT2D eigenvalue weighted by Gasteiger charge is 2.20. The number of nitrogens with one attached hydrogen (secondary N) is 1. The summed E-state index contributed by atoms with van der Waals surface area (Å²) in [5.74, 6) is -0.420. The van der Waals surface area contributed by atoms with E-state index >= 15 is 0 Å². The van der Waals surface area contributed by atoms with Crippen molar-refractivity contribution in [1.29, 1.82) is 0 Å². The Bertz CT molecular complexity index is 1060. The van der Waals surface area contributed by atoms with Gasteiger partial charge in [-0.1, -0.05) is 35.1 Å². The lowest BCUT2D eigenvalue weighted by Gasteiger charge is -2.09. The molecule has 3 aromatic rings. The maximum Gasteiger partial charge on any atom is 0.257 e. The quantitative estimate of drug-likeness (QED) is 0.712. The number of thiazole rings is 1. The van der Waals surface area contributed by atoms with E-state index < -0.39 is 21.0 Å². The summed E-state index contributed by atoms with van der Waals surface area (Å²) in [6, 6.07) is 11.4. The molecule has 2 aromatic carbocycles. The Morgan fingerprint density at radius 2 is 1.92 bits per heavy atom. The fourth-order valence-corrected chi connectivity index (χ4v) is 4.49. The molecule has 5 nitrogen and oxygen atoms in total. The molecular weight excluding hydrogens is 380 g/mol. The fourth-order valence-electron chi connectivity index (χ4n) is 2.22. The lowest BCUT2D eigenvalue weighted by atomic mass is 10.2. The summed E-state index contributed by atoms with van der Waals surface area (Å²) >= 11 is 7.39. The Morgan fingerprint density at radius 3 is 2.60 bits per heavy atom. The number of sulfone groups is 1. The van der Waals surface area contributed by atoms with E-state index in [1.54, 1.807) is 32.0 Å². The van der Waals surface area contributed by atoms with Gasteiger partial charge in [-0.05, 0) is 44.2 Å². The second-order valence-electron chi connectivity index (χ2n) is 5.68. The number of para-hydroxylation sites is 1. The molecule has 1 N–H and O–H groups in total. The van der Waals surface area contributed by atoms with E-state index in [0.29, 0.717) is 15.7 Å². The lowest BCUT2D eigenvalue weighted by Crippen LogP contribution is -2.16. The van der Waals surface area contributed by atoms with Gasteiger partial charge < -0.3 is 0 Å².